The fourth-order valence-corrected chi connectivity index (χ4v) is 2.97. The van der Waals surface area contributed by atoms with Gasteiger partial charge in [-0.1, -0.05) is 60.7 Å². The lowest BCUT2D eigenvalue weighted by molar-refractivity contribution is 0.304. The first-order chi connectivity index (χ1) is 15.0. The number of hydrogen-bond donors (Lipinski definition) is 3. The van der Waals surface area contributed by atoms with Crippen molar-refractivity contribution in [3.63, 3.8) is 0 Å². The molecule has 4 rings (SSSR count). The van der Waals surface area contributed by atoms with Gasteiger partial charge in [-0.2, -0.15) is 0 Å². The first kappa shape index (κ1) is 21.8. The Kier molecular flexibility index (Phi) is 7.55. The Bertz CT molecular complexity index is 1030. The number of aromatic hydroxyl groups is 2. The van der Waals surface area contributed by atoms with Crippen molar-refractivity contribution in [3.05, 3.63) is 119 Å². The summed E-state index contributed by atoms with van der Waals surface area (Å²) in [5.74, 6) is 1.41. The van der Waals surface area contributed by atoms with Gasteiger partial charge in [0.05, 0.1) is 0 Å². The third kappa shape index (κ3) is 7.12. The lowest BCUT2D eigenvalue weighted by Crippen LogP contribution is -1.97. The molecule has 0 bridgehead atoms. The minimum Gasteiger partial charge on any atom is -0.508 e. The van der Waals surface area contributed by atoms with Crippen molar-refractivity contribution in [3.8, 4) is 17.2 Å². The van der Waals surface area contributed by atoms with Crippen LogP contribution < -0.4 is 10.5 Å². The summed E-state index contributed by atoms with van der Waals surface area (Å²) in [5.41, 5.74) is 11.0. The Morgan fingerprint density at radius 3 is 1.77 bits per heavy atom. The van der Waals surface area contributed by atoms with E-state index in [4.69, 9.17) is 20.7 Å². The van der Waals surface area contributed by atoms with Crippen LogP contribution in [-0.4, -0.2) is 10.2 Å². The Balaban J connectivity index is 0.000000176. The smallest absolute Gasteiger partial charge is 0.124 e. The van der Waals surface area contributed by atoms with E-state index in [-0.39, 0.29) is 11.5 Å². The van der Waals surface area contributed by atoms with Crippen LogP contribution in [0.25, 0.3) is 0 Å². The van der Waals surface area contributed by atoms with E-state index in [1.807, 2.05) is 79.7 Å². The molecular formula is C27H27NO3. The first-order valence-corrected chi connectivity index (χ1v) is 10.1. The van der Waals surface area contributed by atoms with Crippen LogP contribution in [0.4, 0.5) is 5.69 Å². The number of rotatable bonds is 5. The van der Waals surface area contributed by atoms with Gasteiger partial charge < -0.3 is 20.7 Å². The summed E-state index contributed by atoms with van der Waals surface area (Å²) in [6.45, 7) is 2.59. The number of phenolic OH excluding ortho intramolecular Hbond substituents is 2. The highest BCUT2D eigenvalue weighted by Crippen LogP contribution is 2.21. The van der Waals surface area contributed by atoms with Gasteiger partial charge in [-0.3, -0.25) is 0 Å². The van der Waals surface area contributed by atoms with E-state index < -0.39 is 0 Å². The molecule has 0 fully saturated rings. The van der Waals surface area contributed by atoms with Crippen molar-refractivity contribution in [1.82, 2.24) is 0 Å². The van der Waals surface area contributed by atoms with E-state index in [1.165, 1.54) is 0 Å². The molecule has 31 heavy (non-hydrogen) atoms. The minimum absolute atomic E-state index is 0.282. The van der Waals surface area contributed by atoms with Crippen molar-refractivity contribution in [1.29, 1.82) is 0 Å². The van der Waals surface area contributed by atoms with E-state index in [9.17, 15) is 0 Å². The fraction of sp³-hybridized carbons (Fsp3) is 0.111. The normalized spacial score (nSPS) is 10.1. The number of nitrogens with two attached hydrogens (primary N) is 1. The fourth-order valence-electron chi connectivity index (χ4n) is 2.97. The molecule has 0 spiro atoms. The molecule has 0 radical (unpaired) electrons. The highest BCUT2D eigenvalue weighted by atomic mass is 16.5. The van der Waals surface area contributed by atoms with Gasteiger partial charge in [0.2, 0.25) is 0 Å². The molecule has 4 nitrogen and oxygen atoms in total. The molecule has 0 aliphatic carbocycles. The topological polar surface area (TPSA) is 75.7 Å². The molecule has 0 amide bonds. The van der Waals surface area contributed by atoms with Crippen molar-refractivity contribution in [2.45, 2.75) is 20.0 Å². The SMILES string of the molecule is Cc1ccc(N)cc1OCc1ccccc1.Oc1ccc(Cc2ccc(O)cc2)cc1. The second-order valence-electron chi connectivity index (χ2n) is 7.31. The van der Waals surface area contributed by atoms with E-state index in [2.05, 4.69) is 0 Å². The standard InChI is InChI=1S/C14H15NO.C13H12O2/c1-11-7-8-13(15)9-14(11)16-10-12-5-3-2-4-6-12;14-12-5-1-10(2-6-12)9-11-3-7-13(15)8-4-11/h2-9H,10,15H2,1H3;1-8,14-15H,9H2. The number of anilines is 1. The van der Waals surface area contributed by atoms with Crippen molar-refractivity contribution in [2.75, 3.05) is 5.73 Å². The quantitative estimate of drug-likeness (QED) is 0.359. The Labute approximate surface area is 183 Å². The zero-order valence-corrected chi connectivity index (χ0v) is 17.5. The molecule has 0 aliphatic rings. The van der Waals surface area contributed by atoms with Gasteiger partial charge in [-0.25, -0.2) is 0 Å². The van der Waals surface area contributed by atoms with Gasteiger partial charge in [-0.15, -0.1) is 0 Å². The van der Waals surface area contributed by atoms with Gasteiger partial charge in [0.1, 0.15) is 23.9 Å². The van der Waals surface area contributed by atoms with Crippen LogP contribution >= 0.6 is 0 Å². The van der Waals surface area contributed by atoms with E-state index in [0.29, 0.717) is 6.61 Å². The van der Waals surface area contributed by atoms with Gasteiger partial charge in [0.15, 0.2) is 0 Å². The van der Waals surface area contributed by atoms with Crippen LogP contribution in [0, 0.1) is 6.92 Å². The lowest BCUT2D eigenvalue weighted by atomic mass is 10.1. The molecule has 0 unspecified atom stereocenters. The largest absolute Gasteiger partial charge is 0.508 e. The van der Waals surface area contributed by atoms with Crippen molar-refractivity contribution in [2.24, 2.45) is 0 Å². The summed E-state index contributed by atoms with van der Waals surface area (Å²) in [7, 11) is 0. The molecule has 158 valence electrons. The molecule has 0 aromatic heterocycles. The molecule has 0 saturated heterocycles. The predicted molar refractivity (Wildman–Crippen MR) is 125 cm³/mol. The highest BCUT2D eigenvalue weighted by molar-refractivity contribution is 5.48. The van der Waals surface area contributed by atoms with Crippen LogP contribution in [-0.2, 0) is 13.0 Å². The molecular weight excluding hydrogens is 386 g/mol. The Hall–Kier alpha value is -3.92. The second kappa shape index (κ2) is 10.7. The number of benzene rings is 4. The van der Waals surface area contributed by atoms with Crippen molar-refractivity contribution < 1.29 is 14.9 Å². The third-order valence-corrected chi connectivity index (χ3v) is 4.73. The summed E-state index contributed by atoms with van der Waals surface area (Å²) in [4.78, 5) is 0. The molecule has 0 atom stereocenters. The van der Waals surface area contributed by atoms with E-state index in [0.717, 1.165) is 40.1 Å². The molecule has 4 aromatic carbocycles. The molecule has 4 aromatic rings. The maximum atomic E-state index is 9.13. The van der Waals surface area contributed by atoms with Crippen LogP contribution in [0.2, 0.25) is 0 Å². The zero-order chi connectivity index (χ0) is 22.1. The molecule has 0 heterocycles. The Morgan fingerprint density at radius 1 is 0.677 bits per heavy atom. The number of aryl methyl sites for hydroxylation is 1. The summed E-state index contributed by atoms with van der Waals surface area (Å²) in [5, 5.41) is 18.3. The van der Waals surface area contributed by atoms with Gasteiger partial charge in [0.25, 0.3) is 0 Å². The van der Waals surface area contributed by atoms with E-state index in [1.54, 1.807) is 24.3 Å². The molecule has 4 N–H and O–H groups in total. The summed E-state index contributed by atoms with van der Waals surface area (Å²) in [6, 6.07) is 30.1. The second-order valence-corrected chi connectivity index (χ2v) is 7.31. The predicted octanol–water partition coefficient (Wildman–Crippen LogP) is 5.84. The third-order valence-electron chi connectivity index (χ3n) is 4.73. The van der Waals surface area contributed by atoms with Crippen LogP contribution in [0.1, 0.15) is 22.3 Å². The zero-order valence-electron chi connectivity index (χ0n) is 17.5. The summed E-state index contributed by atoms with van der Waals surface area (Å²) >= 11 is 0. The summed E-state index contributed by atoms with van der Waals surface area (Å²) in [6.07, 6.45) is 0.806. The molecule has 4 heteroatoms. The van der Waals surface area contributed by atoms with Gasteiger partial charge in [-0.05, 0) is 65.9 Å². The average Bonchev–Trinajstić information content (AvgIpc) is 2.79. The number of nitrogen functional groups attached to an aromatic ring is 1. The highest BCUT2D eigenvalue weighted by Gasteiger charge is 2.00. The Morgan fingerprint density at radius 2 is 1.23 bits per heavy atom. The monoisotopic (exact) mass is 413 g/mol. The van der Waals surface area contributed by atoms with Crippen LogP contribution in [0.15, 0.2) is 97.1 Å². The van der Waals surface area contributed by atoms with Gasteiger partial charge >= 0.3 is 0 Å². The lowest BCUT2D eigenvalue weighted by Gasteiger charge is -2.09. The average molecular weight is 414 g/mol. The van der Waals surface area contributed by atoms with Crippen LogP contribution in [0.5, 0.6) is 17.2 Å². The maximum absolute atomic E-state index is 9.13. The summed E-state index contributed by atoms with van der Waals surface area (Å²) < 4.78 is 5.72. The maximum Gasteiger partial charge on any atom is 0.124 e. The number of hydrogen-bond acceptors (Lipinski definition) is 4. The molecule has 0 aliphatic heterocycles. The number of phenols is 2. The van der Waals surface area contributed by atoms with Crippen LogP contribution in [0.3, 0.4) is 0 Å². The van der Waals surface area contributed by atoms with Crippen molar-refractivity contribution >= 4 is 5.69 Å². The van der Waals surface area contributed by atoms with Gasteiger partial charge in [0, 0.05) is 11.8 Å². The first-order valence-electron chi connectivity index (χ1n) is 10.1. The molecule has 0 saturated carbocycles. The minimum atomic E-state index is 0.282. The van der Waals surface area contributed by atoms with E-state index >= 15 is 0 Å². The number of ether oxygens (including phenoxy) is 1.